The number of aldehydes is 1. The summed E-state index contributed by atoms with van der Waals surface area (Å²) in [6, 6.07) is 13.4. The Kier molecular flexibility index (Phi) is 6.18. The molecule has 0 fully saturated rings. The van der Waals surface area contributed by atoms with Gasteiger partial charge in [-0.2, -0.15) is 0 Å². The molecular formula is C19H22O4. The van der Waals surface area contributed by atoms with Crippen molar-refractivity contribution in [1.82, 2.24) is 0 Å². The lowest BCUT2D eigenvalue weighted by Crippen LogP contribution is -2.05. The first kappa shape index (κ1) is 17.0. The van der Waals surface area contributed by atoms with Gasteiger partial charge in [-0.25, -0.2) is 0 Å². The van der Waals surface area contributed by atoms with Gasteiger partial charge >= 0.3 is 0 Å². The van der Waals surface area contributed by atoms with Crippen LogP contribution < -0.4 is 9.47 Å². The maximum Gasteiger partial charge on any atom is 0.188 e. The molecule has 2 aromatic carbocycles. The van der Waals surface area contributed by atoms with Gasteiger partial charge in [-0.05, 0) is 23.1 Å². The number of benzene rings is 2. The molecule has 0 bridgehead atoms. The standard InChI is InChI=1S/C19H22O4/c1-14(2)17-9-16(11-20)18(10-19(17)23-13-21-3)22-12-15-7-5-4-6-8-15/h4-11,14H,12-13H2,1-3H3. The number of ether oxygens (including phenoxy) is 3. The number of hydrogen-bond acceptors (Lipinski definition) is 4. The molecule has 0 aliphatic rings. The van der Waals surface area contributed by atoms with Gasteiger partial charge < -0.3 is 14.2 Å². The Bertz CT molecular complexity index is 635. The predicted octanol–water partition coefficient (Wildman–Crippen LogP) is 4.18. The SMILES string of the molecule is COCOc1cc(OCc2ccccc2)c(C=O)cc1C(C)C. The highest BCUT2D eigenvalue weighted by atomic mass is 16.7. The molecule has 2 aromatic rings. The van der Waals surface area contributed by atoms with Crippen LogP contribution in [0.3, 0.4) is 0 Å². The lowest BCUT2D eigenvalue weighted by molar-refractivity contribution is 0.0500. The van der Waals surface area contributed by atoms with Gasteiger partial charge in [0.25, 0.3) is 0 Å². The van der Waals surface area contributed by atoms with E-state index < -0.39 is 0 Å². The molecule has 0 spiro atoms. The molecule has 0 aliphatic carbocycles. The minimum absolute atomic E-state index is 0.151. The van der Waals surface area contributed by atoms with Gasteiger partial charge in [0, 0.05) is 13.2 Å². The Labute approximate surface area is 137 Å². The van der Waals surface area contributed by atoms with Crippen molar-refractivity contribution in [3.8, 4) is 11.5 Å². The highest BCUT2D eigenvalue weighted by Crippen LogP contribution is 2.33. The predicted molar refractivity (Wildman–Crippen MR) is 89.2 cm³/mol. The zero-order valence-corrected chi connectivity index (χ0v) is 13.7. The molecule has 0 heterocycles. The average molecular weight is 314 g/mol. The largest absolute Gasteiger partial charge is 0.488 e. The fourth-order valence-corrected chi connectivity index (χ4v) is 2.25. The summed E-state index contributed by atoms with van der Waals surface area (Å²) in [4.78, 5) is 11.4. The van der Waals surface area contributed by atoms with Gasteiger partial charge in [-0.3, -0.25) is 4.79 Å². The van der Waals surface area contributed by atoms with Crippen LogP contribution in [-0.2, 0) is 11.3 Å². The first-order chi connectivity index (χ1) is 11.2. The quantitative estimate of drug-likeness (QED) is 0.541. The Balaban J connectivity index is 2.27. The molecule has 23 heavy (non-hydrogen) atoms. The molecule has 0 atom stereocenters. The van der Waals surface area contributed by atoms with Crippen molar-refractivity contribution in [2.24, 2.45) is 0 Å². The minimum atomic E-state index is 0.151. The van der Waals surface area contributed by atoms with Crippen LogP contribution in [0.1, 0.15) is 41.3 Å². The average Bonchev–Trinajstić information content (AvgIpc) is 2.58. The molecule has 0 N–H and O–H groups in total. The van der Waals surface area contributed by atoms with Gasteiger partial charge in [-0.15, -0.1) is 0 Å². The summed E-state index contributed by atoms with van der Waals surface area (Å²) in [7, 11) is 1.57. The third-order valence-corrected chi connectivity index (χ3v) is 3.46. The van der Waals surface area contributed by atoms with Crippen LogP contribution in [0, 0.1) is 0 Å². The maximum atomic E-state index is 11.4. The van der Waals surface area contributed by atoms with Crippen molar-refractivity contribution in [2.75, 3.05) is 13.9 Å². The lowest BCUT2D eigenvalue weighted by atomic mass is 9.99. The van der Waals surface area contributed by atoms with Gasteiger partial charge in [0.05, 0.1) is 5.56 Å². The van der Waals surface area contributed by atoms with Crippen LogP contribution >= 0.6 is 0 Å². The molecule has 122 valence electrons. The number of carbonyl (C=O) groups excluding carboxylic acids is 1. The maximum absolute atomic E-state index is 11.4. The Hall–Kier alpha value is -2.33. The first-order valence-corrected chi connectivity index (χ1v) is 7.57. The molecule has 4 heteroatoms. The van der Waals surface area contributed by atoms with Gasteiger partial charge in [0.2, 0.25) is 0 Å². The first-order valence-electron chi connectivity index (χ1n) is 7.57. The van der Waals surface area contributed by atoms with E-state index in [0.29, 0.717) is 23.7 Å². The van der Waals surface area contributed by atoms with Crippen molar-refractivity contribution >= 4 is 6.29 Å². The van der Waals surface area contributed by atoms with E-state index in [2.05, 4.69) is 0 Å². The zero-order valence-electron chi connectivity index (χ0n) is 13.7. The van der Waals surface area contributed by atoms with E-state index in [1.54, 1.807) is 13.2 Å². The van der Waals surface area contributed by atoms with E-state index in [1.807, 2.05) is 50.2 Å². The highest BCUT2D eigenvalue weighted by Gasteiger charge is 2.14. The molecule has 0 saturated carbocycles. The van der Waals surface area contributed by atoms with E-state index in [0.717, 1.165) is 17.4 Å². The van der Waals surface area contributed by atoms with Crippen molar-refractivity contribution in [1.29, 1.82) is 0 Å². The third kappa shape index (κ3) is 4.57. The summed E-state index contributed by atoms with van der Waals surface area (Å²) in [5.74, 6) is 1.42. The van der Waals surface area contributed by atoms with Crippen molar-refractivity contribution in [2.45, 2.75) is 26.4 Å². The molecule has 0 amide bonds. The van der Waals surface area contributed by atoms with Crippen LogP contribution in [0.4, 0.5) is 0 Å². The summed E-state index contributed by atoms with van der Waals surface area (Å²) in [5.41, 5.74) is 2.52. The smallest absolute Gasteiger partial charge is 0.188 e. The fourth-order valence-electron chi connectivity index (χ4n) is 2.25. The number of carbonyl (C=O) groups is 1. The highest BCUT2D eigenvalue weighted by molar-refractivity contribution is 5.80. The summed E-state index contributed by atoms with van der Waals surface area (Å²) in [5, 5.41) is 0. The molecule has 0 aliphatic heterocycles. The molecule has 0 radical (unpaired) electrons. The monoisotopic (exact) mass is 314 g/mol. The fraction of sp³-hybridized carbons (Fsp3) is 0.316. The molecule has 0 aromatic heterocycles. The van der Waals surface area contributed by atoms with Crippen molar-refractivity contribution in [3.63, 3.8) is 0 Å². The van der Waals surface area contributed by atoms with E-state index in [9.17, 15) is 4.79 Å². The van der Waals surface area contributed by atoms with Gasteiger partial charge in [0.15, 0.2) is 13.1 Å². The van der Waals surface area contributed by atoms with Crippen LogP contribution in [-0.4, -0.2) is 20.2 Å². The van der Waals surface area contributed by atoms with Crippen LogP contribution in [0.2, 0.25) is 0 Å². The van der Waals surface area contributed by atoms with Crippen molar-refractivity contribution < 1.29 is 19.0 Å². The van der Waals surface area contributed by atoms with Crippen LogP contribution in [0.5, 0.6) is 11.5 Å². The second-order valence-electron chi connectivity index (χ2n) is 5.53. The zero-order chi connectivity index (χ0) is 16.7. The van der Waals surface area contributed by atoms with Crippen LogP contribution in [0.25, 0.3) is 0 Å². The Morgan fingerprint density at radius 1 is 1.04 bits per heavy atom. The summed E-state index contributed by atoms with van der Waals surface area (Å²) < 4.78 is 16.4. The minimum Gasteiger partial charge on any atom is -0.488 e. The molecule has 2 rings (SSSR count). The molecule has 0 unspecified atom stereocenters. The Morgan fingerprint density at radius 3 is 2.39 bits per heavy atom. The molecular weight excluding hydrogens is 292 g/mol. The summed E-state index contributed by atoms with van der Waals surface area (Å²) in [6.45, 7) is 4.65. The summed E-state index contributed by atoms with van der Waals surface area (Å²) in [6.07, 6.45) is 0.812. The van der Waals surface area contributed by atoms with E-state index in [1.165, 1.54) is 0 Å². The molecule has 4 nitrogen and oxygen atoms in total. The third-order valence-electron chi connectivity index (χ3n) is 3.46. The number of hydrogen-bond donors (Lipinski definition) is 0. The molecule has 0 saturated heterocycles. The van der Waals surface area contributed by atoms with Gasteiger partial charge in [0.1, 0.15) is 18.1 Å². The van der Waals surface area contributed by atoms with Gasteiger partial charge in [-0.1, -0.05) is 44.2 Å². The second-order valence-corrected chi connectivity index (χ2v) is 5.53. The number of rotatable bonds is 8. The summed E-state index contributed by atoms with van der Waals surface area (Å²) >= 11 is 0. The number of methoxy groups -OCH3 is 1. The van der Waals surface area contributed by atoms with E-state index in [-0.39, 0.29) is 12.7 Å². The Morgan fingerprint density at radius 2 is 1.78 bits per heavy atom. The second kappa shape index (κ2) is 8.34. The van der Waals surface area contributed by atoms with Crippen molar-refractivity contribution in [3.05, 3.63) is 59.2 Å². The normalized spacial score (nSPS) is 10.6. The van der Waals surface area contributed by atoms with Crippen LogP contribution in [0.15, 0.2) is 42.5 Å². The topological polar surface area (TPSA) is 44.8 Å². The lowest BCUT2D eigenvalue weighted by Gasteiger charge is -2.17. The van der Waals surface area contributed by atoms with E-state index in [4.69, 9.17) is 14.2 Å². The van der Waals surface area contributed by atoms with E-state index >= 15 is 0 Å².